The second kappa shape index (κ2) is 5.77. The van der Waals surface area contributed by atoms with Gasteiger partial charge in [0.2, 0.25) is 0 Å². The van der Waals surface area contributed by atoms with E-state index in [1.165, 1.54) is 19.3 Å². The molecule has 1 aromatic heterocycles. The lowest BCUT2D eigenvalue weighted by Crippen LogP contribution is -2.36. The molecule has 2 atom stereocenters. The highest BCUT2D eigenvalue weighted by Gasteiger charge is 2.34. The number of H-pyrrole nitrogens is 1. The van der Waals surface area contributed by atoms with Crippen LogP contribution in [0.1, 0.15) is 30.5 Å². The van der Waals surface area contributed by atoms with Gasteiger partial charge in [0.15, 0.2) is 5.43 Å². The minimum Gasteiger partial charge on any atom is -0.357 e. The fraction of sp³-hybridized carbons (Fsp3) is 0.526. The van der Waals surface area contributed by atoms with Gasteiger partial charge in [-0.05, 0) is 45.4 Å². The fourth-order valence-electron chi connectivity index (χ4n) is 4.26. The van der Waals surface area contributed by atoms with Crippen LogP contribution in [0.25, 0.3) is 10.9 Å². The van der Waals surface area contributed by atoms with Crippen LogP contribution < -0.4 is 5.43 Å². The monoisotopic (exact) mass is 311 g/mol. The Morgan fingerprint density at radius 1 is 1.17 bits per heavy atom. The number of likely N-dealkylation sites (N-methyl/N-ethyl adjacent to an activating group) is 1. The van der Waals surface area contributed by atoms with Crippen molar-refractivity contribution in [3.05, 3.63) is 45.7 Å². The number of rotatable bonds is 2. The van der Waals surface area contributed by atoms with Crippen molar-refractivity contribution in [1.29, 1.82) is 0 Å². The maximum atomic E-state index is 12.4. The van der Waals surface area contributed by atoms with E-state index in [-0.39, 0.29) is 5.43 Å². The molecule has 2 aromatic rings. The molecule has 2 bridgehead atoms. The Morgan fingerprint density at radius 2 is 2.00 bits per heavy atom. The Kier molecular flexibility index (Phi) is 3.74. The molecule has 23 heavy (non-hydrogen) atoms. The van der Waals surface area contributed by atoms with Crippen molar-refractivity contribution in [2.24, 2.45) is 0 Å². The zero-order valence-electron chi connectivity index (χ0n) is 14.0. The van der Waals surface area contributed by atoms with Crippen molar-refractivity contribution >= 4 is 10.9 Å². The minimum atomic E-state index is 0.130. The average molecular weight is 311 g/mol. The molecule has 1 aromatic carbocycles. The van der Waals surface area contributed by atoms with Crippen LogP contribution in [0.3, 0.4) is 0 Å². The summed E-state index contributed by atoms with van der Waals surface area (Å²) in [5.74, 6) is 0. The number of hydrogen-bond acceptors (Lipinski definition) is 3. The molecule has 3 heterocycles. The van der Waals surface area contributed by atoms with Gasteiger partial charge < -0.3 is 4.98 Å². The standard InChI is InChI=1S/C19H25N3O/c1-13-3-6-18-17(9-13)19(23)10-14(20-18)11-22-8-7-15-4-5-16(12-22)21(15)2/h3,6,9-10,15-16H,4-5,7-8,11-12H2,1-2H3,(H,20,23)/t15-,16+/m0/s1. The van der Waals surface area contributed by atoms with Crippen LogP contribution in [-0.4, -0.2) is 47.0 Å². The highest BCUT2D eigenvalue weighted by molar-refractivity contribution is 5.79. The van der Waals surface area contributed by atoms with Crippen molar-refractivity contribution in [3.63, 3.8) is 0 Å². The largest absolute Gasteiger partial charge is 0.357 e. The molecule has 4 heteroatoms. The summed E-state index contributed by atoms with van der Waals surface area (Å²) >= 11 is 0. The van der Waals surface area contributed by atoms with Crippen LogP contribution in [0.2, 0.25) is 0 Å². The average Bonchev–Trinajstić information content (AvgIpc) is 2.76. The molecule has 0 amide bonds. The number of pyridine rings is 1. The smallest absolute Gasteiger partial charge is 0.189 e. The molecule has 1 N–H and O–H groups in total. The molecule has 0 spiro atoms. The van der Waals surface area contributed by atoms with Gasteiger partial charge >= 0.3 is 0 Å². The summed E-state index contributed by atoms with van der Waals surface area (Å²) in [6, 6.07) is 9.27. The Balaban J connectivity index is 1.58. The van der Waals surface area contributed by atoms with Crippen LogP contribution in [-0.2, 0) is 6.54 Å². The summed E-state index contributed by atoms with van der Waals surface area (Å²) in [6.45, 7) is 5.10. The summed E-state index contributed by atoms with van der Waals surface area (Å²) < 4.78 is 0. The first-order valence-corrected chi connectivity index (χ1v) is 8.67. The van der Waals surface area contributed by atoms with E-state index in [2.05, 4.69) is 27.9 Å². The van der Waals surface area contributed by atoms with E-state index in [1.54, 1.807) is 6.07 Å². The number of nitrogens with zero attached hydrogens (tertiary/aromatic N) is 2. The maximum Gasteiger partial charge on any atom is 0.189 e. The number of likely N-dealkylation sites (tertiary alicyclic amines) is 1. The molecule has 4 nitrogen and oxygen atoms in total. The third kappa shape index (κ3) is 2.81. The third-order valence-corrected chi connectivity index (χ3v) is 5.67. The molecule has 2 aliphatic heterocycles. The molecular formula is C19H25N3O. The number of hydrogen-bond donors (Lipinski definition) is 1. The van der Waals surface area contributed by atoms with Crippen molar-refractivity contribution < 1.29 is 0 Å². The summed E-state index contributed by atoms with van der Waals surface area (Å²) in [6.07, 6.45) is 3.90. The molecule has 0 radical (unpaired) electrons. The minimum absolute atomic E-state index is 0.130. The van der Waals surface area contributed by atoms with Gasteiger partial charge in [-0.2, -0.15) is 0 Å². The van der Waals surface area contributed by atoms with E-state index in [0.29, 0.717) is 6.04 Å². The van der Waals surface area contributed by atoms with Crippen LogP contribution in [0.5, 0.6) is 0 Å². The molecule has 2 aliphatic rings. The van der Waals surface area contributed by atoms with Crippen molar-refractivity contribution in [2.45, 2.75) is 44.8 Å². The molecular weight excluding hydrogens is 286 g/mol. The van der Waals surface area contributed by atoms with Crippen LogP contribution in [0.15, 0.2) is 29.1 Å². The molecule has 2 fully saturated rings. The lowest BCUT2D eigenvalue weighted by molar-refractivity contribution is 0.213. The number of fused-ring (bicyclic) bond motifs is 3. The Hall–Kier alpha value is -1.65. The van der Waals surface area contributed by atoms with Gasteiger partial charge in [-0.3, -0.25) is 14.6 Å². The first-order chi connectivity index (χ1) is 11.1. The lowest BCUT2D eigenvalue weighted by Gasteiger charge is -2.25. The maximum absolute atomic E-state index is 12.4. The second-order valence-corrected chi connectivity index (χ2v) is 7.28. The molecule has 122 valence electrons. The van der Waals surface area contributed by atoms with Gasteiger partial charge in [0.05, 0.1) is 0 Å². The summed E-state index contributed by atoms with van der Waals surface area (Å²) in [5, 5.41) is 0.795. The van der Waals surface area contributed by atoms with E-state index >= 15 is 0 Å². The topological polar surface area (TPSA) is 39.3 Å². The van der Waals surface area contributed by atoms with Crippen LogP contribution in [0, 0.1) is 6.92 Å². The van der Waals surface area contributed by atoms with E-state index in [4.69, 9.17) is 0 Å². The lowest BCUT2D eigenvalue weighted by atomic mass is 10.1. The molecule has 4 rings (SSSR count). The second-order valence-electron chi connectivity index (χ2n) is 7.28. The highest BCUT2D eigenvalue weighted by Crippen LogP contribution is 2.28. The highest BCUT2D eigenvalue weighted by atomic mass is 16.1. The van der Waals surface area contributed by atoms with Gasteiger partial charge in [-0.1, -0.05) is 11.6 Å². The fourth-order valence-corrected chi connectivity index (χ4v) is 4.26. The van der Waals surface area contributed by atoms with E-state index in [9.17, 15) is 4.79 Å². The van der Waals surface area contributed by atoms with Gasteiger partial charge in [-0.15, -0.1) is 0 Å². The molecule has 0 saturated carbocycles. The zero-order valence-corrected chi connectivity index (χ0v) is 14.0. The predicted octanol–water partition coefficient (Wildman–Crippen LogP) is 2.51. The number of nitrogens with one attached hydrogen (secondary N) is 1. The normalized spacial score (nSPS) is 25.8. The molecule has 2 saturated heterocycles. The Morgan fingerprint density at radius 3 is 2.87 bits per heavy atom. The number of aromatic amines is 1. The third-order valence-electron chi connectivity index (χ3n) is 5.67. The van der Waals surface area contributed by atoms with Gasteiger partial charge in [0, 0.05) is 54.4 Å². The summed E-state index contributed by atoms with van der Waals surface area (Å²) in [7, 11) is 2.27. The summed E-state index contributed by atoms with van der Waals surface area (Å²) in [4.78, 5) is 20.9. The summed E-state index contributed by atoms with van der Waals surface area (Å²) in [5.41, 5.74) is 3.24. The SMILES string of the molecule is Cc1ccc2[nH]c(CN3CC[C@@H]4CC[C@H](C3)N4C)cc(=O)c2c1. The van der Waals surface area contributed by atoms with Crippen molar-refractivity contribution in [1.82, 2.24) is 14.8 Å². The molecule has 0 unspecified atom stereocenters. The Bertz CT molecular complexity index is 782. The Labute approximate surface area is 137 Å². The zero-order chi connectivity index (χ0) is 16.0. The number of benzene rings is 1. The quantitative estimate of drug-likeness (QED) is 0.926. The van der Waals surface area contributed by atoms with Crippen molar-refractivity contribution in [3.8, 4) is 0 Å². The van der Waals surface area contributed by atoms with E-state index in [0.717, 1.165) is 47.8 Å². The number of aryl methyl sites for hydroxylation is 1. The first kappa shape index (κ1) is 14.9. The van der Waals surface area contributed by atoms with E-state index < -0.39 is 0 Å². The van der Waals surface area contributed by atoms with Gasteiger partial charge in [0.1, 0.15) is 0 Å². The van der Waals surface area contributed by atoms with Crippen molar-refractivity contribution in [2.75, 3.05) is 20.1 Å². The van der Waals surface area contributed by atoms with Crippen LogP contribution >= 0.6 is 0 Å². The van der Waals surface area contributed by atoms with Crippen LogP contribution in [0.4, 0.5) is 0 Å². The van der Waals surface area contributed by atoms with Gasteiger partial charge in [0.25, 0.3) is 0 Å². The predicted molar refractivity (Wildman–Crippen MR) is 93.8 cm³/mol. The van der Waals surface area contributed by atoms with Gasteiger partial charge in [-0.25, -0.2) is 0 Å². The first-order valence-electron chi connectivity index (χ1n) is 8.67. The number of aromatic nitrogens is 1. The van der Waals surface area contributed by atoms with E-state index in [1.807, 2.05) is 19.1 Å². The molecule has 0 aliphatic carbocycles.